The number of ether oxygens (including phenoxy) is 1. The van der Waals surface area contributed by atoms with Crippen molar-refractivity contribution in [3.8, 4) is 11.8 Å². The van der Waals surface area contributed by atoms with Crippen molar-refractivity contribution >= 4 is 52.2 Å². The van der Waals surface area contributed by atoms with Crippen molar-refractivity contribution in [2.75, 3.05) is 55.7 Å². The van der Waals surface area contributed by atoms with Gasteiger partial charge in [-0.3, -0.25) is 39.2 Å². The van der Waals surface area contributed by atoms with Crippen LogP contribution in [0.2, 0.25) is 0 Å². The van der Waals surface area contributed by atoms with Gasteiger partial charge in [0, 0.05) is 57.2 Å². The molecule has 11 nitrogen and oxygen atoms in total. The Hall–Kier alpha value is -5.17. The zero-order chi connectivity index (χ0) is 41.1. The smallest absolute Gasteiger partial charge is 0.417 e. The summed E-state index contributed by atoms with van der Waals surface area (Å²) >= 11 is 5.71. The molecule has 3 aliphatic heterocycles. The first-order chi connectivity index (χ1) is 27.1. The van der Waals surface area contributed by atoms with Crippen LogP contribution in [0.5, 0.6) is 5.75 Å². The van der Waals surface area contributed by atoms with E-state index >= 15 is 0 Å². The number of Topliss-reactive ketones (excluding diaryl/α,β-unsaturated/α-hetero) is 1. The average Bonchev–Trinajstić information content (AvgIpc) is 3.34. The maximum absolute atomic E-state index is 13.8. The van der Waals surface area contributed by atoms with E-state index in [1.54, 1.807) is 30.9 Å². The second-order valence-corrected chi connectivity index (χ2v) is 15.5. The van der Waals surface area contributed by atoms with Crippen LogP contribution < -0.4 is 19.9 Å². The summed E-state index contributed by atoms with van der Waals surface area (Å²) in [5.41, 5.74) is 0.396. The van der Waals surface area contributed by atoms with Crippen molar-refractivity contribution in [1.82, 2.24) is 15.1 Å². The molecule has 300 valence electrons. The van der Waals surface area contributed by atoms with Gasteiger partial charge in [-0.25, -0.2) is 0 Å². The van der Waals surface area contributed by atoms with Crippen molar-refractivity contribution in [1.29, 1.82) is 5.26 Å². The molecule has 0 aliphatic carbocycles. The quantitative estimate of drug-likeness (QED) is 0.176. The van der Waals surface area contributed by atoms with Gasteiger partial charge in [0.15, 0.2) is 10.9 Å². The monoisotopic (exact) mass is 802 g/mol. The molecular formula is C42H45F3N6O5S. The van der Waals surface area contributed by atoms with E-state index in [1.807, 2.05) is 43.3 Å². The second-order valence-electron chi connectivity index (χ2n) is 15.2. The third-order valence-corrected chi connectivity index (χ3v) is 11.2. The first-order valence-electron chi connectivity index (χ1n) is 19.0. The number of amides is 3. The van der Waals surface area contributed by atoms with Gasteiger partial charge in [0.25, 0.3) is 5.91 Å². The highest BCUT2D eigenvalue weighted by atomic mass is 32.1. The fourth-order valence-electron chi connectivity index (χ4n) is 7.65. The van der Waals surface area contributed by atoms with Gasteiger partial charge in [0.05, 0.1) is 29.4 Å². The number of alkyl halides is 3. The Bertz CT molecular complexity index is 2110. The summed E-state index contributed by atoms with van der Waals surface area (Å²) in [6.45, 7) is 9.84. The number of piperidine rings is 1. The average molecular weight is 803 g/mol. The molecule has 0 aromatic heterocycles. The van der Waals surface area contributed by atoms with Gasteiger partial charge in [-0.05, 0) is 98.4 Å². The molecule has 3 amide bonds. The number of piperazine rings is 1. The van der Waals surface area contributed by atoms with Gasteiger partial charge in [-0.2, -0.15) is 18.4 Å². The standard InChI is InChI=1S/C42H45F3N6O5S/c1-4-29-23-33(51-40(57)50(39(55)41(51,2)3)32-10-8-31(25-46)35(24-32)42(43,44)45)11-12-36(29)56-19-18-48-14-16-49(17-15-48)26-34(52)22-28-7-5-6-27(20-28)21-30-9-13-37(53)47-38(30)54/h5-8,10-12,20,23-24,30H,4,9,13-19,21-22,26H2,1-3H3,(H,47,53,54)/t30-/m0/s1. The molecule has 1 atom stereocenters. The number of nitriles is 1. The number of carbonyl (C=O) groups is 4. The van der Waals surface area contributed by atoms with Crippen LogP contribution in [0.25, 0.3) is 0 Å². The van der Waals surface area contributed by atoms with E-state index in [1.165, 1.54) is 6.07 Å². The van der Waals surface area contributed by atoms with E-state index in [-0.39, 0.29) is 34.3 Å². The van der Waals surface area contributed by atoms with E-state index in [0.29, 0.717) is 63.2 Å². The fourth-order valence-corrected chi connectivity index (χ4v) is 8.18. The zero-order valence-electron chi connectivity index (χ0n) is 32.2. The predicted molar refractivity (Wildman–Crippen MR) is 212 cm³/mol. The number of carbonyl (C=O) groups excluding carboxylic acids is 4. The van der Waals surface area contributed by atoms with E-state index in [0.717, 1.165) is 59.9 Å². The lowest BCUT2D eigenvalue weighted by molar-refractivity contribution is -0.138. The van der Waals surface area contributed by atoms with Crippen LogP contribution in [0, 0.1) is 17.2 Å². The summed E-state index contributed by atoms with van der Waals surface area (Å²) in [6.07, 6.45) is -2.46. The Kier molecular flexibility index (Phi) is 12.5. The number of rotatable bonds is 13. The molecule has 3 heterocycles. The molecule has 0 radical (unpaired) electrons. The molecule has 3 aliphatic rings. The Morgan fingerprint density at radius 1 is 0.982 bits per heavy atom. The van der Waals surface area contributed by atoms with Crippen molar-refractivity contribution in [3.05, 3.63) is 88.5 Å². The van der Waals surface area contributed by atoms with Crippen molar-refractivity contribution in [2.45, 2.75) is 64.6 Å². The molecular weight excluding hydrogens is 758 g/mol. The summed E-state index contributed by atoms with van der Waals surface area (Å²) in [5.74, 6) is -0.405. The highest BCUT2D eigenvalue weighted by molar-refractivity contribution is 7.81. The largest absolute Gasteiger partial charge is 0.492 e. The lowest BCUT2D eigenvalue weighted by Crippen LogP contribution is -2.48. The lowest BCUT2D eigenvalue weighted by Gasteiger charge is -2.34. The van der Waals surface area contributed by atoms with Gasteiger partial charge >= 0.3 is 6.18 Å². The summed E-state index contributed by atoms with van der Waals surface area (Å²) in [6, 6.07) is 17.9. The first-order valence-corrected chi connectivity index (χ1v) is 19.4. The molecule has 3 aromatic rings. The van der Waals surface area contributed by atoms with Crippen LogP contribution in [0.3, 0.4) is 0 Å². The van der Waals surface area contributed by atoms with E-state index in [9.17, 15) is 37.6 Å². The van der Waals surface area contributed by atoms with Crippen LogP contribution in [0.4, 0.5) is 24.5 Å². The van der Waals surface area contributed by atoms with Crippen molar-refractivity contribution in [2.24, 2.45) is 5.92 Å². The Morgan fingerprint density at radius 2 is 1.68 bits per heavy atom. The summed E-state index contributed by atoms with van der Waals surface area (Å²) in [5, 5.41) is 11.7. The number of nitrogens with zero attached hydrogens (tertiary/aromatic N) is 5. The minimum Gasteiger partial charge on any atom is -0.492 e. The fraction of sp³-hybridized carbons (Fsp3) is 0.429. The van der Waals surface area contributed by atoms with Gasteiger partial charge in [-0.1, -0.05) is 31.2 Å². The van der Waals surface area contributed by atoms with E-state index in [2.05, 4.69) is 15.1 Å². The highest BCUT2D eigenvalue weighted by Crippen LogP contribution is 2.40. The van der Waals surface area contributed by atoms with Gasteiger partial charge < -0.3 is 9.64 Å². The van der Waals surface area contributed by atoms with Crippen LogP contribution in [0.15, 0.2) is 60.7 Å². The summed E-state index contributed by atoms with van der Waals surface area (Å²) < 4.78 is 47.5. The van der Waals surface area contributed by atoms with Gasteiger partial charge in [0.2, 0.25) is 11.8 Å². The molecule has 57 heavy (non-hydrogen) atoms. The molecule has 0 bridgehead atoms. The Morgan fingerprint density at radius 3 is 2.37 bits per heavy atom. The number of ketones is 1. The van der Waals surface area contributed by atoms with E-state index in [4.69, 9.17) is 17.0 Å². The van der Waals surface area contributed by atoms with Crippen LogP contribution in [0.1, 0.15) is 61.4 Å². The molecule has 1 N–H and O–H groups in total. The number of aryl methyl sites for hydroxylation is 1. The second kappa shape index (κ2) is 17.1. The predicted octanol–water partition coefficient (Wildman–Crippen LogP) is 5.46. The highest BCUT2D eigenvalue weighted by Gasteiger charge is 2.51. The molecule has 15 heteroatoms. The molecule has 0 saturated carbocycles. The zero-order valence-corrected chi connectivity index (χ0v) is 33.0. The molecule has 3 aromatic carbocycles. The third kappa shape index (κ3) is 9.35. The summed E-state index contributed by atoms with van der Waals surface area (Å²) in [7, 11) is 0. The molecule has 0 unspecified atom stereocenters. The van der Waals surface area contributed by atoms with Gasteiger partial charge in [0.1, 0.15) is 17.9 Å². The maximum Gasteiger partial charge on any atom is 0.417 e. The minimum atomic E-state index is -4.79. The van der Waals surface area contributed by atoms with Crippen molar-refractivity contribution < 1.29 is 37.1 Å². The van der Waals surface area contributed by atoms with Crippen LogP contribution in [-0.4, -0.2) is 89.8 Å². The number of hydrogen-bond donors (Lipinski definition) is 1. The molecule has 3 fully saturated rings. The number of benzene rings is 3. The number of anilines is 2. The molecule has 6 rings (SSSR count). The van der Waals surface area contributed by atoms with Crippen LogP contribution >= 0.6 is 12.2 Å². The third-order valence-electron chi connectivity index (χ3n) is 10.8. The SMILES string of the molecule is CCc1cc(N2C(=S)N(c3ccc(C#N)c(C(F)(F)F)c3)C(=O)C2(C)C)ccc1OCCN1CCN(CC(=O)Cc2cccc(C[C@@H]3CCC(=O)NC3=O)c2)CC1. The number of hydrogen-bond acceptors (Lipinski definition) is 9. The topological polar surface area (TPSA) is 126 Å². The molecule has 0 spiro atoms. The number of halogens is 3. The van der Waals surface area contributed by atoms with Gasteiger partial charge in [-0.15, -0.1) is 0 Å². The first kappa shape index (κ1) is 41.5. The van der Waals surface area contributed by atoms with Crippen molar-refractivity contribution in [3.63, 3.8) is 0 Å². The maximum atomic E-state index is 13.8. The minimum absolute atomic E-state index is 0.0237. The van der Waals surface area contributed by atoms with E-state index < -0.39 is 28.7 Å². The normalized spacial score (nSPS) is 19.1. The van der Waals surface area contributed by atoms with Crippen LogP contribution in [-0.2, 0) is 44.6 Å². The number of nitrogens with one attached hydrogen (secondary N) is 1. The number of imide groups is 1. The lowest BCUT2D eigenvalue weighted by atomic mass is 9.90. The Labute approximate surface area is 335 Å². The number of thiocarbonyl (C=S) groups is 1. The molecule has 3 saturated heterocycles. The Balaban J connectivity index is 0.994. The summed E-state index contributed by atoms with van der Waals surface area (Å²) in [4.78, 5) is 57.5.